The van der Waals surface area contributed by atoms with Gasteiger partial charge in [0.15, 0.2) is 0 Å². The lowest BCUT2D eigenvalue weighted by Crippen LogP contribution is -2.49. The normalized spacial score (nSPS) is 25.3. The molecule has 0 N–H and O–H groups in total. The smallest absolute Gasteiger partial charge is 0.137 e. The number of hydrogen-bond donors (Lipinski definition) is 0. The molecule has 2 atom stereocenters. The summed E-state index contributed by atoms with van der Waals surface area (Å²) in [7, 11) is 0. The molecule has 2 aromatic rings. The van der Waals surface area contributed by atoms with Gasteiger partial charge in [-0.05, 0) is 30.7 Å². The highest BCUT2D eigenvalue weighted by atomic mass is 35.5. The Kier molecular flexibility index (Phi) is 3.48. The van der Waals surface area contributed by atoms with Crippen LogP contribution in [0.3, 0.4) is 0 Å². The van der Waals surface area contributed by atoms with Crippen LogP contribution in [0.4, 0.5) is 5.82 Å². The number of morpholine rings is 1. The van der Waals surface area contributed by atoms with Gasteiger partial charge in [0.25, 0.3) is 0 Å². The van der Waals surface area contributed by atoms with Gasteiger partial charge in [0.1, 0.15) is 5.82 Å². The second-order valence-electron chi connectivity index (χ2n) is 5.89. The van der Waals surface area contributed by atoms with Crippen molar-refractivity contribution in [2.45, 2.75) is 37.3 Å². The third-order valence-corrected chi connectivity index (χ3v) is 4.94. The number of pyridine rings is 1. The molecule has 2 heterocycles. The zero-order chi connectivity index (χ0) is 14.2. The molecule has 1 aromatic carbocycles. The maximum Gasteiger partial charge on any atom is 0.137 e. The number of fused-ring (bicyclic) bond motifs is 2. The quantitative estimate of drug-likeness (QED) is 0.790. The number of aromatic nitrogens is 1. The van der Waals surface area contributed by atoms with Gasteiger partial charge in [-0.15, -0.1) is 11.6 Å². The van der Waals surface area contributed by atoms with E-state index < -0.39 is 0 Å². The van der Waals surface area contributed by atoms with E-state index in [-0.39, 0.29) is 0 Å². The number of nitrogens with zero attached hydrogens (tertiary/aromatic N) is 2. The molecule has 0 spiro atoms. The predicted molar refractivity (Wildman–Crippen MR) is 86.0 cm³/mol. The van der Waals surface area contributed by atoms with Crippen molar-refractivity contribution < 1.29 is 4.74 Å². The van der Waals surface area contributed by atoms with Gasteiger partial charge in [-0.3, -0.25) is 0 Å². The van der Waals surface area contributed by atoms with Gasteiger partial charge in [-0.1, -0.05) is 24.3 Å². The highest BCUT2D eigenvalue weighted by molar-refractivity contribution is 6.17. The molecule has 2 unspecified atom stereocenters. The summed E-state index contributed by atoms with van der Waals surface area (Å²) in [5, 5.41) is 2.44. The van der Waals surface area contributed by atoms with Crippen molar-refractivity contribution in [3.8, 4) is 0 Å². The summed E-state index contributed by atoms with van der Waals surface area (Å²) in [5.41, 5.74) is 0.950. The lowest BCUT2D eigenvalue weighted by Gasteiger charge is -2.39. The van der Waals surface area contributed by atoms with E-state index >= 15 is 0 Å². The van der Waals surface area contributed by atoms with Crippen LogP contribution in [-0.4, -0.2) is 30.3 Å². The lowest BCUT2D eigenvalue weighted by atomic mass is 10.1. The summed E-state index contributed by atoms with van der Waals surface area (Å²) in [6.45, 7) is 1.71. The van der Waals surface area contributed by atoms with Crippen molar-refractivity contribution in [1.82, 2.24) is 4.98 Å². The van der Waals surface area contributed by atoms with E-state index in [1.165, 1.54) is 30.0 Å². The second-order valence-corrected chi connectivity index (χ2v) is 6.16. The summed E-state index contributed by atoms with van der Waals surface area (Å²) in [6, 6.07) is 11.0. The second kappa shape index (κ2) is 5.47. The molecule has 1 aliphatic heterocycles. The first-order valence-corrected chi connectivity index (χ1v) is 8.23. The van der Waals surface area contributed by atoms with Crippen LogP contribution in [0.5, 0.6) is 0 Å². The van der Waals surface area contributed by atoms with Crippen molar-refractivity contribution >= 4 is 28.2 Å². The summed E-state index contributed by atoms with van der Waals surface area (Å²) in [5.74, 6) is 1.54. The van der Waals surface area contributed by atoms with Crippen LogP contribution in [0.25, 0.3) is 10.8 Å². The standard InChI is InChI=1S/C17H19ClN2O/c18-11-13-10-12-4-1-2-5-14(12)17(19-13)20-8-9-21-16-7-3-6-15(16)20/h1-2,4-5,10,15-16H,3,6-9,11H2. The highest BCUT2D eigenvalue weighted by Gasteiger charge is 2.37. The topological polar surface area (TPSA) is 25.4 Å². The Labute approximate surface area is 129 Å². The average molecular weight is 303 g/mol. The maximum atomic E-state index is 6.04. The van der Waals surface area contributed by atoms with Crippen molar-refractivity contribution in [1.29, 1.82) is 0 Å². The first kappa shape index (κ1) is 13.4. The molecule has 4 heteroatoms. The number of anilines is 1. The van der Waals surface area contributed by atoms with Crippen LogP contribution in [0.15, 0.2) is 30.3 Å². The molecule has 4 rings (SSSR count). The molecule has 1 saturated carbocycles. The minimum Gasteiger partial charge on any atom is -0.374 e. The van der Waals surface area contributed by atoms with E-state index in [0.29, 0.717) is 18.0 Å². The minimum absolute atomic E-state index is 0.374. The molecule has 0 amide bonds. The summed E-state index contributed by atoms with van der Waals surface area (Å²) >= 11 is 6.04. The Balaban J connectivity index is 1.84. The molecule has 1 saturated heterocycles. The van der Waals surface area contributed by atoms with E-state index in [4.69, 9.17) is 21.3 Å². The summed E-state index contributed by atoms with van der Waals surface area (Å²) < 4.78 is 5.93. The fraction of sp³-hybridized carbons (Fsp3) is 0.471. The Hall–Kier alpha value is -1.32. The number of halogens is 1. The molecule has 0 bridgehead atoms. The number of rotatable bonds is 2. The molecular weight excluding hydrogens is 284 g/mol. The van der Waals surface area contributed by atoms with Crippen LogP contribution in [-0.2, 0) is 10.6 Å². The van der Waals surface area contributed by atoms with E-state index in [1.54, 1.807) is 0 Å². The van der Waals surface area contributed by atoms with Gasteiger partial charge in [0.2, 0.25) is 0 Å². The molecular formula is C17H19ClN2O. The Morgan fingerprint density at radius 2 is 2.19 bits per heavy atom. The maximum absolute atomic E-state index is 6.04. The van der Waals surface area contributed by atoms with Crippen molar-refractivity contribution in [3.63, 3.8) is 0 Å². The van der Waals surface area contributed by atoms with Gasteiger partial charge in [0, 0.05) is 11.9 Å². The van der Waals surface area contributed by atoms with Gasteiger partial charge in [-0.25, -0.2) is 4.98 Å². The van der Waals surface area contributed by atoms with Gasteiger partial charge >= 0.3 is 0 Å². The first-order chi connectivity index (χ1) is 10.4. The summed E-state index contributed by atoms with van der Waals surface area (Å²) in [6.07, 6.45) is 4.00. The molecule has 1 aliphatic carbocycles. The molecule has 110 valence electrons. The largest absolute Gasteiger partial charge is 0.374 e. The Morgan fingerprint density at radius 1 is 1.29 bits per heavy atom. The molecule has 2 aliphatic rings. The van der Waals surface area contributed by atoms with Crippen molar-refractivity contribution in [2.24, 2.45) is 0 Å². The summed E-state index contributed by atoms with van der Waals surface area (Å²) in [4.78, 5) is 7.30. The highest BCUT2D eigenvalue weighted by Crippen LogP contribution is 2.35. The van der Waals surface area contributed by atoms with Crippen LogP contribution in [0.2, 0.25) is 0 Å². The number of alkyl halides is 1. The van der Waals surface area contributed by atoms with Gasteiger partial charge < -0.3 is 9.64 Å². The average Bonchev–Trinajstić information content (AvgIpc) is 3.02. The molecule has 1 aromatic heterocycles. The van der Waals surface area contributed by atoms with Crippen molar-refractivity contribution in [2.75, 3.05) is 18.1 Å². The number of ether oxygens (including phenoxy) is 1. The number of benzene rings is 1. The first-order valence-electron chi connectivity index (χ1n) is 7.69. The van der Waals surface area contributed by atoms with E-state index in [0.717, 1.165) is 24.7 Å². The van der Waals surface area contributed by atoms with Gasteiger partial charge in [-0.2, -0.15) is 0 Å². The van der Waals surface area contributed by atoms with Crippen molar-refractivity contribution in [3.05, 3.63) is 36.0 Å². The predicted octanol–water partition coefficient (Wildman–Crippen LogP) is 3.73. The molecule has 0 radical (unpaired) electrons. The lowest BCUT2D eigenvalue weighted by molar-refractivity contribution is 0.0254. The minimum atomic E-state index is 0.374. The number of hydrogen-bond acceptors (Lipinski definition) is 3. The molecule has 2 fully saturated rings. The zero-order valence-corrected chi connectivity index (χ0v) is 12.7. The molecule has 21 heavy (non-hydrogen) atoms. The monoisotopic (exact) mass is 302 g/mol. The third kappa shape index (κ3) is 2.29. The Morgan fingerprint density at radius 3 is 3.10 bits per heavy atom. The van der Waals surface area contributed by atoms with E-state index in [2.05, 4.69) is 35.2 Å². The van der Waals surface area contributed by atoms with Crippen LogP contribution in [0, 0.1) is 0 Å². The fourth-order valence-electron chi connectivity index (χ4n) is 3.71. The van der Waals surface area contributed by atoms with Crippen LogP contribution in [0.1, 0.15) is 25.0 Å². The SMILES string of the molecule is ClCc1cc2ccccc2c(N2CCOC3CCCC32)n1. The molecule has 3 nitrogen and oxygen atoms in total. The van der Waals surface area contributed by atoms with E-state index in [9.17, 15) is 0 Å². The van der Waals surface area contributed by atoms with Crippen LogP contribution >= 0.6 is 11.6 Å². The Bertz CT molecular complexity index is 660. The van der Waals surface area contributed by atoms with E-state index in [1.807, 2.05) is 0 Å². The zero-order valence-electron chi connectivity index (χ0n) is 12.0. The van der Waals surface area contributed by atoms with Crippen LogP contribution < -0.4 is 4.90 Å². The fourth-order valence-corrected chi connectivity index (χ4v) is 3.85. The van der Waals surface area contributed by atoms with Gasteiger partial charge in [0.05, 0.1) is 30.3 Å². The third-order valence-electron chi connectivity index (χ3n) is 4.66.